The summed E-state index contributed by atoms with van der Waals surface area (Å²) in [7, 11) is 3.33. The van der Waals surface area contributed by atoms with Gasteiger partial charge in [0.05, 0.1) is 31.4 Å². The van der Waals surface area contributed by atoms with E-state index >= 15 is 0 Å². The molecule has 0 fully saturated rings. The van der Waals surface area contributed by atoms with Crippen LogP contribution in [0.2, 0.25) is 0 Å². The van der Waals surface area contributed by atoms with Gasteiger partial charge in [-0.25, -0.2) is 9.97 Å². The molecule has 210 valence electrons. The molecule has 1 aliphatic heterocycles. The molecule has 9 nitrogen and oxygen atoms in total. The number of aliphatic carboxylic acids is 1. The molecule has 1 aliphatic rings. The maximum absolute atomic E-state index is 13.4. The summed E-state index contributed by atoms with van der Waals surface area (Å²) in [5.41, 5.74) is 5.64. The van der Waals surface area contributed by atoms with Crippen molar-refractivity contribution in [1.82, 2.24) is 9.97 Å². The summed E-state index contributed by atoms with van der Waals surface area (Å²) < 4.78 is 11.7. The van der Waals surface area contributed by atoms with Crippen LogP contribution in [0, 0.1) is 6.92 Å². The van der Waals surface area contributed by atoms with Crippen molar-refractivity contribution in [2.75, 3.05) is 37.1 Å². The molecule has 5 rings (SSSR count). The third-order valence-electron chi connectivity index (χ3n) is 7.17. The van der Waals surface area contributed by atoms with E-state index in [4.69, 9.17) is 14.6 Å². The van der Waals surface area contributed by atoms with Gasteiger partial charge >= 0.3 is 5.97 Å². The smallest absolute Gasteiger partial charge is 0.307 e. The predicted molar refractivity (Wildman–Crippen MR) is 158 cm³/mol. The van der Waals surface area contributed by atoms with E-state index in [2.05, 4.69) is 9.97 Å². The minimum atomic E-state index is -0.886. The van der Waals surface area contributed by atoms with E-state index in [1.807, 2.05) is 61.2 Å². The van der Waals surface area contributed by atoms with Crippen molar-refractivity contribution in [1.29, 1.82) is 0 Å². The van der Waals surface area contributed by atoms with Crippen LogP contribution in [0.1, 0.15) is 34.0 Å². The molecule has 1 amide bonds. The molecule has 0 aliphatic carbocycles. The van der Waals surface area contributed by atoms with Gasteiger partial charge in [-0.1, -0.05) is 18.2 Å². The molecule has 0 spiro atoms. The molecule has 41 heavy (non-hydrogen) atoms. The summed E-state index contributed by atoms with van der Waals surface area (Å²) in [5, 5.41) is 9.09. The zero-order chi connectivity index (χ0) is 29.1. The Bertz CT molecular complexity index is 1620. The monoisotopic (exact) mass is 552 g/mol. The summed E-state index contributed by atoms with van der Waals surface area (Å²) in [6.45, 7) is 5.03. The lowest BCUT2D eigenvalue weighted by atomic mass is 9.99. The van der Waals surface area contributed by atoms with Crippen LogP contribution in [0.25, 0.3) is 11.1 Å². The van der Waals surface area contributed by atoms with Crippen LogP contribution in [-0.4, -0.2) is 54.3 Å². The Morgan fingerprint density at radius 1 is 0.976 bits per heavy atom. The quantitative estimate of drug-likeness (QED) is 0.292. The number of anilines is 3. The van der Waals surface area contributed by atoms with Crippen LogP contribution < -0.4 is 19.3 Å². The van der Waals surface area contributed by atoms with Crippen LogP contribution in [0.5, 0.6) is 11.5 Å². The average Bonchev–Trinajstić information content (AvgIpc) is 3.06. The summed E-state index contributed by atoms with van der Waals surface area (Å²) in [6, 6.07) is 17.0. The molecule has 2 aromatic carbocycles. The van der Waals surface area contributed by atoms with Gasteiger partial charge < -0.3 is 24.4 Å². The normalized spacial score (nSPS) is 12.4. The SMILES string of the molecule is CCN1c2ncc(CCOc3ccc(-c4ccc(CC(=O)O)cc4OC)cc3C)cc2C(=O)N(C)c2cccnc21. The Labute approximate surface area is 239 Å². The fraction of sp³-hybridized carbons (Fsp3) is 0.250. The van der Waals surface area contributed by atoms with E-state index in [0.717, 1.165) is 33.7 Å². The summed E-state index contributed by atoms with van der Waals surface area (Å²) in [4.78, 5) is 37.2. The number of hydrogen-bond acceptors (Lipinski definition) is 7. The second-order valence-corrected chi connectivity index (χ2v) is 9.85. The molecular weight excluding hydrogens is 520 g/mol. The van der Waals surface area contributed by atoms with Gasteiger partial charge in [0.25, 0.3) is 5.91 Å². The number of carboxylic acids is 1. The standard InChI is InChI=1S/C32H32N4O5/c1-5-36-30-25(32(39)35(3)26-7-6-13-33-31(26)36)16-22(19-34-30)12-14-41-27-11-9-23(15-20(27)2)24-10-8-21(18-29(37)38)17-28(24)40-4/h6-11,13,15-17,19H,5,12,14,18H2,1-4H3,(H,37,38). The first-order valence-electron chi connectivity index (χ1n) is 13.4. The van der Waals surface area contributed by atoms with Crippen molar-refractivity contribution in [2.24, 2.45) is 0 Å². The number of fused-ring (bicyclic) bond motifs is 2. The van der Waals surface area contributed by atoms with E-state index in [1.165, 1.54) is 0 Å². The molecule has 0 saturated heterocycles. The molecule has 2 aromatic heterocycles. The highest BCUT2D eigenvalue weighted by molar-refractivity contribution is 6.12. The number of carboxylic acid groups (broad SMARTS) is 1. The number of nitrogens with zero attached hydrogens (tertiary/aromatic N) is 4. The fourth-order valence-electron chi connectivity index (χ4n) is 5.07. The molecule has 0 radical (unpaired) electrons. The topological polar surface area (TPSA) is 105 Å². The lowest BCUT2D eigenvalue weighted by Gasteiger charge is -2.22. The van der Waals surface area contributed by atoms with Gasteiger partial charge in [-0.15, -0.1) is 0 Å². The first-order valence-corrected chi connectivity index (χ1v) is 13.4. The zero-order valence-corrected chi connectivity index (χ0v) is 23.5. The highest BCUT2D eigenvalue weighted by Crippen LogP contribution is 2.38. The highest BCUT2D eigenvalue weighted by Gasteiger charge is 2.30. The first kappa shape index (κ1) is 27.6. The van der Waals surface area contributed by atoms with Crippen molar-refractivity contribution in [2.45, 2.75) is 26.7 Å². The number of pyridine rings is 2. The number of hydrogen-bond donors (Lipinski definition) is 1. The van der Waals surface area contributed by atoms with E-state index in [1.54, 1.807) is 43.6 Å². The number of rotatable bonds is 9. The molecule has 0 atom stereocenters. The van der Waals surface area contributed by atoms with Crippen molar-refractivity contribution in [3.8, 4) is 22.6 Å². The minimum Gasteiger partial charge on any atom is -0.496 e. The van der Waals surface area contributed by atoms with Gasteiger partial charge in [0.2, 0.25) is 0 Å². The van der Waals surface area contributed by atoms with Gasteiger partial charge in [-0.3, -0.25) is 9.59 Å². The van der Waals surface area contributed by atoms with Crippen LogP contribution in [-0.2, 0) is 17.6 Å². The van der Waals surface area contributed by atoms with E-state index in [0.29, 0.717) is 48.1 Å². The molecule has 1 N–H and O–H groups in total. The summed E-state index contributed by atoms with van der Waals surface area (Å²) in [6.07, 6.45) is 4.03. The van der Waals surface area contributed by atoms with E-state index in [-0.39, 0.29) is 12.3 Å². The maximum Gasteiger partial charge on any atom is 0.307 e. The minimum absolute atomic E-state index is 0.0607. The molecule has 0 unspecified atom stereocenters. The molecular formula is C32H32N4O5. The first-order chi connectivity index (χ1) is 19.8. The Morgan fingerprint density at radius 2 is 1.80 bits per heavy atom. The predicted octanol–water partition coefficient (Wildman–Crippen LogP) is 5.46. The number of amides is 1. The van der Waals surface area contributed by atoms with Crippen molar-refractivity contribution in [3.05, 3.63) is 89.2 Å². The van der Waals surface area contributed by atoms with E-state index in [9.17, 15) is 9.59 Å². The number of carbonyl (C=O) groups excluding carboxylic acids is 1. The van der Waals surface area contributed by atoms with Crippen LogP contribution in [0.15, 0.2) is 67.0 Å². The molecule has 0 bridgehead atoms. The second-order valence-electron chi connectivity index (χ2n) is 9.85. The van der Waals surface area contributed by atoms with Crippen molar-refractivity contribution >= 4 is 29.2 Å². The lowest BCUT2D eigenvalue weighted by Crippen LogP contribution is -2.25. The number of carbonyl (C=O) groups is 2. The average molecular weight is 553 g/mol. The Balaban J connectivity index is 1.30. The number of aromatic nitrogens is 2. The second kappa shape index (κ2) is 11.7. The zero-order valence-electron chi connectivity index (χ0n) is 23.5. The largest absolute Gasteiger partial charge is 0.496 e. The van der Waals surface area contributed by atoms with Gasteiger partial charge in [0.15, 0.2) is 5.82 Å². The molecule has 0 saturated carbocycles. The number of aryl methyl sites for hydroxylation is 1. The van der Waals surface area contributed by atoms with Crippen LogP contribution in [0.3, 0.4) is 0 Å². The van der Waals surface area contributed by atoms with E-state index < -0.39 is 5.97 Å². The third kappa shape index (κ3) is 5.56. The Hall–Kier alpha value is -4.92. The fourth-order valence-corrected chi connectivity index (χ4v) is 5.07. The maximum atomic E-state index is 13.4. The van der Waals surface area contributed by atoms with Gasteiger partial charge in [0.1, 0.15) is 17.3 Å². The summed E-state index contributed by atoms with van der Waals surface area (Å²) >= 11 is 0. The van der Waals surface area contributed by atoms with Gasteiger partial charge in [-0.05, 0) is 72.5 Å². The Morgan fingerprint density at radius 3 is 2.54 bits per heavy atom. The molecule has 4 aromatic rings. The summed E-state index contributed by atoms with van der Waals surface area (Å²) in [5.74, 6) is 1.67. The van der Waals surface area contributed by atoms with Crippen LogP contribution in [0.4, 0.5) is 17.3 Å². The van der Waals surface area contributed by atoms with Crippen molar-refractivity contribution < 1.29 is 24.2 Å². The van der Waals surface area contributed by atoms with Gasteiger partial charge in [-0.2, -0.15) is 0 Å². The number of benzene rings is 2. The Kier molecular flexibility index (Phi) is 7.87. The van der Waals surface area contributed by atoms with Crippen LogP contribution >= 0.6 is 0 Å². The molecule has 9 heteroatoms. The number of methoxy groups -OCH3 is 1. The number of ether oxygens (including phenoxy) is 2. The molecule has 3 heterocycles. The van der Waals surface area contributed by atoms with Gasteiger partial charge in [0, 0.05) is 38.0 Å². The lowest BCUT2D eigenvalue weighted by molar-refractivity contribution is -0.136. The van der Waals surface area contributed by atoms with Crippen molar-refractivity contribution in [3.63, 3.8) is 0 Å². The third-order valence-corrected chi connectivity index (χ3v) is 7.17. The highest BCUT2D eigenvalue weighted by atomic mass is 16.5.